The Labute approximate surface area is 193 Å². The Kier molecular flexibility index (Phi) is 6.80. The highest BCUT2D eigenvalue weighted by atomic mass is 16.5. The van der Waals surface area contributed by atoms with Gasteiger partial charge in [0.1, 0.15) is 12.4 Å². The zero-order valence-electron chi connectivity index (χ0n) is 19.5. The summed E-state index contributed by atoms with van der Waals surface area (Å²) in [6.07, 6.45) is 3.07. The molecule has 1 N–H and O–H groups in total. The minimum Gasteiger partial charge on any atom is -0.492 e. The van der Waals surface area contributed by atoms with Gasteiger partial charge in [-0.3, -0.25) is 4.79 Å². The topological polar surface area (TPSA) is 41.6 Å². The molecule has 32 heavy (non-hydrogen) atoms. The van der Waals surface area contributed by atoms with Gasteiger partial charge in [0, 0.05) is 13.5 Å². The summed E-state index contributed by atoms with van der Waals surface area (Å²) in [5, 5.41) is 5.78. The highest BCUT2D eigenvalue weighted by Gasteiger charge is 2.46. The number of likely N-dealkylation sites (N-methyl/N-ethyl adjacent to an activating group) is 1. The molecule has 4 heteroatoms. The van der Waals surface area contributed by atoms with E-state index in [-0.39, 0.29) is 12.9 Å². The Bertz CT molecular complexity index is 1090. The van der Waals surface area contributed by atoms with Gasteiger partial charge >= 0.3 is 0 Å². The third-order valence-corrected chi connectivity index (χ3v) is 6.52. The number of benzene rings is 3. The molecule has 0 heterocycles. The van der Waals surface area contributed by atoms with Crippen molar-refractivity contribution >= 4 is 16.7 Å². The maximum atomic E-state index is 13.3. The molecular formula is C28H36N2O2. The second-order valence-corrected chi connectivity index (χ2v) is 8.82. The zero-order chi connectivity index (χ0) is 22.6. The summed E-state index contributed by atoms with van der Waals surface area (Å²) in [4.78, 5) is 15.7. The monoisotopic (exact) mass is 432 g/mol. The lowest BCUT2D eigenvalue weighted by molar-refractivity contribution is 0.0930. The van der Waals surface area contributed by atoms with Gasteiger partial charge in [-0.25, -0.2) is 0 Å². The van der Waals surface area contributed by atoms with Crippen LogP contribution < -0.4 is 10.1 Å². The molecule has 4 nitrogen and oxygen atoms in total. The Morgan fingerprint density at radius 1 is 1.06 bits per heavy atom. The number of fused-ring (bicyclic) bond motifs is 1. The van der Waals surface area contributed by atoms with E-state index in [0.29, 0.717) is 12.2 Å². The third-order valence-electron chi connectivity index (χ3n) is 6.52. The zero-order valence-corrected chi connectivity index (χ0v) is 19.5. The fourth-order valence-corrected chi connectivity index (χ4v) is 4.49. The van der Waals surface area contributed by atoms with Crippen LogP contribution in [0.3, 0.4) is 0 Å². The van der Waals surface area contributed by atoms with Crippen molar-refractivity contribution in [2.45, 2.75) is 45.6 Å². The van der Waals surface area contributed by atoms with Crippen LogP contribution in [0.5, 0.6) is 5.75 Å². The molecule has 0 bridgehead atoms. The number of amides is 1. The predicted octanol–water partition coefficient (Wildman–Crippen LogP) is 5.92. The molecule has 0 unspecified atom stereocenters. The van der Waals surface area contributed by atoms with E-state index in [0.717, 1.165) is 50.2 Å². The van der Waals surface area contributed by atoms with E-state index < -0.39 is 0 Å². The molecule has 170 valence electrons. The fraction of sp³-hybridized carbons (Fsp3) is 0.393. The number of rotatable bonds is 10. The van der Waals surface area contributed by atoms with Gasteiger partial charge in [-0.1, -0.05) is 62.4 Å². The summed E-state index contributed by atoms with van der Waals surface area (Å²) in [5.74, 6) is 0.725. The Hall–Kier alpha value is -2.85. The van der Waals surface area contributed by atoms with Crippen molar-refractivity contribution in [2.75, 3.05) is 26.2 Å². The fourth-order valence-electron chi connectivity index (χ4n) is 4.49. The summed E-state index contributed by atoms with van der Waals surface area (Å²) in [7, 11) is 0. The normalized spacial score (nSPS) is 14.5. The Morgan fingerprint density at radius 2 is 1.84 bits per heavy atom. The number of carbonyl (C=O) groups excluding carboxylic acids is 1. The Balaban J connectivity index is 0.00000306. The lowest BCUT2D eigenvalue weighted by Crippen LogP contribution is -2.35. The summed E-state index contributed by atoms with van der Waals surface area (Å²) in [6.45, 7) is 9.97. The molecule has 4 rings (SSSR count). The number of hydrogen-bond acceptors (Lipinski definition) is 3. The SMILES string of the molecule is CCCN(CC)CCOc1ccc(C)c(C(=O)NC2(c3cccc4ccccc34)CC2)c1.[HH]. The van der Waals surface area contributed by atoms with Gasteiger partial charge in [-0.2, -0.15) is 0 Å². The largest absolute Gasteiger partial charge is 0.492 e. The van der Waals surface area contributed by atoms with Gasteiger partial charge in [0.25, 0.3) is 5.91 Å². The summed E-state index contributed by atoms with van der Waals surface area (Å²) < 4.78 is 6.00. The molecule has 0 aliphatic heterocycles. The molecule has 0 atom stereocenters. The van der Waals surface area contributed by atoms with Crippen LogP contribution in [-0.2, 0) is 5.54 Å². The van der Waals surface area contributed by atoms with E-state index in [1.54, 1.807) is 0 Å². The predicted molar refractivity (Wildman–Crippen MR) is 134 cm³/mol. The molecule has 1 amide bonds. The highest BCUT2D eigenvalue weighted by molar-refractivity contribution is 5.97. The van der Waals surface area contributed by atoms with E-state index in [1.165, 1.54) is 16.3 Å². The Morgan fingerprint density at radius 3 is 2.59 bits per heavy atom. The lowest BCUT2D eigenvalue weighted by atomic mass is 9.96. The molecule has 0 saturated heterocycles. The van der Waals surface area contributed by atoms with Gasteiger partial charge in [0.05, 0.1) is 5.54 Å². The van der Waals surface area contributed by atoms with Gasteiger partial charge in [0.15, 0.2) is 0 Å². The molecule has 1 aliphatic rings. The minimum absolute atomic E-state index is 0. The van der Waals surface area contributed by atoms with Crippen molar-refractivity contribution in [1.29, 1.82) is 0 Å². The first-order valence-corrected chi connectivity index (χ1v) is 11.8. The van der Waals surface area contributed by atoms with E-state index in [4.69, 9.17) is 4.74 Å². The first kappa shape index (κ1) is 22.3. The molecular weight excluding hydrogens is 396 g/mol. The number of nitrogens with one attached hydrogen (secondary N) is 1. The molecule has 1 aliphatic carbocycles. The first-order valence-electron chi connectivity index (χ1n) is 11.8. The van der Waals surface area contributed by atoms with Crippen LogP contribution in [0, 0.1) is 6.92 Å². The summed E-state index contributed by atoms with van der Waals surface area (Å²) in [6, 6.07) is 20.6. The molecule has 3 aromatic carbocycles. The number of ether oxygens (including phenoxy) is 1. The first-order chi connectivity index (χ1) is 15.6. The van der Waals surface area contributed by atoms with Crippen molar-refractivity contribution < 1.29 is 11.0 Å². The van der Waals surface area contributed by atoms with Crippen molar-refractivity contribution in [2.24, 2.45) is 0 Å². The van der Waals surface area contributed by atoms with Gasteiger partial charge in [-0.15, -0.1) is 0 Å². The highest BCUT2D eigenvalue weighted by Crippen LogP contribution is 2.48. The van der Waals surface area contributed by atoms with Crippen LogP contribution >= 0.6 is 0 Å². The third kappa shape index (κ3) is 4.81. The molecule has 3 aromatic rings. The quantitative estimate of drug-likeness (QED) is 0.432. The number of carbonyl (C=O) groups is 1. The van der Waals surface area contributed by atoms with Gasteiger partial charge < -0.3 is 15.0 Å². The van der Waals surface area contributed by atoms with Crippen molar-refractivity contribution in [3.63, 3.8) is 0 Å². The van der Waals surface area contributed by atoms with Crippen LogP contribution in [0.4, 0.5) is 0 Å². The van der Waals surface area contributed by atoms with E-state index >= 15 is 0 Å². The molecule has 0 radical (unpaired) electrons. The smallest absolute Gasteiger partial charge is 0.252 e. The lowest BCUT2D eigenvalue weighted by Gasteiger charge is -2.21. The average Bonchev–Trinajstić information content (AvgIpc) is 3.59. The maximum Gasteiger partial charge on any atom is 0.252 e. The second kappa shape index (κ2) is 9.74. The van der Waals surface area contributed by atoms with E-state index in [1.807, 2.05) is 25.1 Å². The van der Waals surface area contributed by atoms with Crippen molar-refractivity contribution in [3.8, 4) is 5.75 Å². The molecule has 0 aromatic heterocycles. The number of aryl methyl sites for hydroxylation is 1. The second-order valence-electron chi connectivity index (χ2n) is 8.82. The standard InChI is InChI=1S/C28H34N2O2.H2/c1-4-17-30(5-2)18-19-32-23-14-13-21(3)25(20-23)27(31)29-28(15-16-28)26-12-8-10-22-9-6-7-11-24(22)26;/h6-14,20H,4-5,15-19H2,1-3H3,(H,29,31);1H. The van der Waals surface area contributed by atoms with E-state index in [2.05, 4.69) is 66.5 Å². The van der Waals surface area contributed by atoms with Crippen molar-refractivity contribution in [1.82, 2.24) is 10.2 Å². The van der Waals surface area contributed by atoms with Gasteiger partial charge in [0.2, 0.25) is 0 Å². The van der Waals surface area contributed by atoms with Gasteiger partial charge in [-0.05, 0) is 73.3 Å². The minimum atomic E-state index is -0.275. The van der Waals surface area contributed by atoms with E-state index in [9.17, 15) is 4.79 Å². The van der Waals surface area contributed by atoms with Crippen LogP contribution in [0.25, 0.3) is 10.8 Å². The average molecular weight is 433 g/mol. The summed E-state index contributed by atoms with van der Waals surface area (Å²) in [5.41, 5.74) is 2.59. The molecule has 1 saturated carbocycles. The van der Waals surface area contributed by atoms with Crippen LogP contribution in [0.15, 0.2) is 60.7 Å². The van der Waals surface area contributed by atoms with Crippen LogP contribution in [-0.4, -0.2) is 37.0 Å². The van der Waals surface area contributed by atoms with Crippen LogP contribution in [0.1, 0.15) is 56.0 Å². The number of hydrogen-bond donors (Lipinski definition) is 1. The maximum absolute atomic E-state index is 13.3. The molecule has 1 fully saturated rings. The number of nitrogens with zero attached hydrogens (tertiary/aromatic N) is 1. The van der Waals surface area contributed by atoms with Crippen molar-refractivity contribution in [3.05, 3.63) is 77.4 Å². The van der Waals surface area contributed by atoms with Crippen LogP contribution in [0.2, 0.25) is 0 Å². The summed E-state index contributed by atoms with van der Waals surface area (Å²) >= 11 is 0. The molecule has 0 spiro atoms.